The first kappa shape index (κ1) is 22.4. The standard InChI is InChI=1S/C17H28N4O6/c1-5-17(6-2)14(24)21(16(26)20-17)9-13(23)27-10-12(22)19-15(25)18-8-7-11(3)4/h11H,5-10H2,1-4H3,(H,20,26)(H2,18,19,22,25). The highest BCUT2D eigenvalue weighted by Crippen LogP contribution is 2.24. The lowest BCUT2D eigenvalue weighted by molar-refractivity contribution is -0.151. The zero-order chi connectivity index (χ0) is 20.6. The van der Waals surface area contributed by atoms with Crippen molar-refractivity contribution in [2.45, 2.75) is 52.5 Å². The van der Waals surface area contributed by atoms with E-state index in [1.54, 1.807) is 13.8 Å². The van der Waals surface area contributed by atoms with Crippen molar-refractivity contribution >= 4 is 29.8 Å². The van der Waals surface area contributed by atoms with Crippen molar-refractivity contribution in [3.05, 3.63) is 0 Å². The minimum absolute atomic E-state index is 0.397. The monoisotopic (exact) mass is 384 g/mol. The molecule has 0 spiro atoms. The summed E-state index contributed by atoms with van der Waals surface area (Å²) in [6.45, 7) is 6.66. The largest absolute Gasteiger partial charge is 0.454 e. The smallest absolute Gasteiger partial charge is 0.326 e. The van der Waals surface area contributed by atoms with E-state index in [4.69, 9.17) is 4.74 Å². The Kier molecular flexibility index (Phi) is 8.20. The minimum Gasteiger partial charge on any atom is -0.454 e. The van der Waals surface area contributed by atoms with Crippen LogP contribution in [0.25, 0.3) is 0 Å². The number of amides is 6. The number of carbonyl (C=O) groups is 5. The maximum atomic E-state index is 12.4. The molecule has 1 heterocycles. The van der Waals surface area contributed by atoms with E-state index in [1.807, 2.05) is 19.2 Å². The highest BCUT2D eigenvalue weighted by molar-refractivity contribution is 6.08. The van der Waals surface area contributed by atoms with Crippen LogP contribution in [0.4, 0.5) is 9.59 Å². The second kappa shape index (κ2) is 9.89. The maximum Gasteiger partial charge on any atom is 0.326 e. The predicted molar refractivity (Wildman–Crippen MR) is 95.5 cm³/mol. The summed E-state index contributed by atoms with van der Waals surface area (Å²) in [5.74, 6) is -1.81. The van der Waals surface area contributed by atoms with Crippen LogP contribution in [-0.4, -0.2) is 60.0 Å². The Balaban J connectivity index is 2.40. The van der Waals surface area contributed by atoms with E-state index in [-0.39, 0.29) is 0 Å². The molecular formula is C17H28N4O6. The van der Waals surface area contributed by atoms with Gasteiger partial charge >= 0.3 is 18.0 Å². The lowest BCUT2D eigenvalue weighted by atomic mass is 9.93. The normalized spacial score (nSPS) is 15.5. The van der Waals surface area contributed by atoms with Crippen molar-refractivity contribution in [1.29, 1.82) is 0 Å². The molecule has 1 aliphatic rings. The molecule has 0 unspecified atom stereocenters. The number of hydrogen-bond acceptors (Lipinski definition) is 6. The van der Waals surface area contributed by atoms with Gasteiger partial charge < -0.3 is 15.4 Å². The second-order valence-corrected chi connectivity index (χ2v) is 6.76. The fourth-order valence-corrected chi connectivity index (χ4v) is 2.55. The maximum absolute atomic E-state index is 12.4. The van der Waals surface area contributed by atoms with Crippen LogP contribution in [0.5, 0.6) is 0 Å². The van der Waals surface area contributed by atoms with Gasteiger partial charge in [-0.25, -0.2) is 9.59 Å². The molecule has 0 aromatic heterocycles. The number of ether oxygens (including phenoxy) is 1. The summed E-state index contributed by atoms with van der Waals surface area (Å²) in [5, 5.41) is 7.12. The Labute approximate surface area is 158 Å². The van der Waals surface area contributed by atoms with Crippen molar-refractivity contribution in [3.8, 4) is 0 Å². The number of urea groups is 2. The molecule has 152 valence electrons. The predicted octanol–water partition coefficient (Wildman–Crippen LogP) is 0.512. The third-order valence-electron chi connectivity index (χ3n) is 4.36. The van der Waals surface area contributed by atoms with Gasteiger partial charge in [-0.1, -0.05) is 27.7 Å². The summed E-state index contributed by atoms with van der Waals surface area (Å²) < 4.78 is 4.74. The second-order valence-electron chi connectivity index (χ2n) is 6.76. The molecule has 1 rings (SSSR count). The molecular weight excluding hydrogens is 356 g/mol. The molecule has 1 aliphatic heterocycles. The van der Waals surface area contributed by atoms with Crippen molar-refractivity contribution in [3.63, 3.8) is 0 Å². The third kappa shape index (κ3) is 6.22. The molecule has 1 saturated heterocycles. The van der Waals surface area contributed by atoms with Crippen LogP contribution in [0.1, 0.15) is 47.0 Å². The topological polar surface area (TPSA) is 134 Å². The molecule has 0 bridgehead atoms. The number of carbonyl (C=O) groups excluding carboxylic acids is 5. The first-order chi connectivity index (χ1) is 12.6. The van der Waals surface area contributed by atoms with Gasteiger partial charge in [0, 0.05) is 6.54 Å². The van der Waals surface area contributed by atoms with Crippen molar-refractivity contribution in [2.75, 3.05) is 19.7 Å². The number of nitrogens with one attached hydrogen (secondary N) is 3. The van der Waals surface area contributed by atoms with Crippen LogP contribution in [0.3, 0.4) is 0 Å². The van der Waals surface area contributed by atoms with Crippen molar-refractivity contribution < 1.29 is 28.7 Å². The van der Waals surface area contributed by atoms with Crippen LogP contribution in [0.15, 0.2) is 0 Å². The Hall–Kier alpha value is -2.65. The number of esters is 1. The van der Waals surface area contributed by atoms with Crippen LogP contribution in [0, 0.1) is 5.92 Å². The van der Waals surface area contributed by atoms with Gasteiger partial charge in [-0.3, -0.25) is 24.6 Å². The molecule has 10 nitrogen and oxygen atoms in total. The van der Waals surface area contributed by atoms with E-state index in [0.717, 1.165) is 11.3 Å². The Morgan fingerprint density at radius 2 is 1.81 bits per heavy atom. The Morgan fingerprint density at radius 1 is 1.19 bits per heavy atom. The number of rotatable bonds is 9. The van der Waals surface area contributed by atoms with E-state index in [1.165, 1.54) is 0 Å². The highest BCUT2D eigenvalue weighted by Gasteiger charge is 2.49. The summed E-state index contributed by atoms with van der Waals surface area (Å²) in [7, 11) is 0. The van der Waals surface area contributed by atoms with Gasteiger partial charge in [0.2, 0.25) is 0 Å². The molecule has 0 aromatic rings. The third-order valence-corrected chi connectivity index (χ3v) is 4.36. The molecule has 10 heteroatoms. The molecule has 27 heavy (non-hydrogen) atoms. The summed E-state index contributed by atoms with van der Waals surface area (Å²) in [4.78, 5) is 60.0. The van der Waals surface area contributed by atoms with Gasteiger partial charge in [-0.05, 0) is 25.2 Å². The number of nitrogens with zero attached hydrogens (tertiary/aromatic N) is 1. The number of hydrogen-bond donors (Lipinski definition) is 3. The molecule has 6 amide bonds. The van der Waals surface area contributed by atoms with Crippen LogP contribution in [-0.2, 0) is 19.1 Å². The van der Waals surface area contributed by atoms with Gasteiger partial charge in [0.1, 0.15) is 12.1 Å². The van der Waals surface area contributed by atoms with Crippen LogP contribution < -0.4 is 16.0 Å². The van der Waals surface area contributed by atoms with E-state index >= 15 is 0 Å². The SMILES string of the molecule is CCC1(CC)NC(=O)N(CC(=O)OCC(=O)NC(=O)NCCC(C)C)C1=O. The van der Waals surface area contributed by atoms with Crippen molar-refractivity contribution in [1.82, 2.24) is 20.9 Å². The Bertz CT molecular complexity index is 600. The van der Waals surface area contributed by atoms with Crippen LogP contribution in [0.2, 0.25) is 0 Å². The lowest BCUT2D eigenvalue weighted by Crippen LogP contribution is -2.46. The van der Waals surface area contributed by atoms with Crippen LogP contribution >= 0.6 is 0 Å². The summed E-state index contributed by atoms with van der Waals surface area (Å²) in [6.07, 6.45) is 1.56. The fraction of sp³-hybridized carbons (Fsp3) is 0.706. The highest BCUT2D eigenvalue weighted by atomic mass is 16.5. The van der Waals surface area contributed by atoms with E-state index in [2.05, 4.69) is 10.6 Å². The van der Waals surface area contributed by atoms with Gasteiger partial charge in [0.05, 0.1) is 0 Å². The van der Waals surface area contributed by atoms with Crippen molar-refractivity contribution in [2.24, 2.45) is 5.92 Å². The lowest BCUT2D eigenvalue weighted by Gasteiger charge is -2.22. The average Bonchev–Trinajstić information content (AvgIpc) is 2.84. The molecule has 3 N–H and O–H groups in total. The van der Waals surface area contributed by atoms with Gasteiger partial charge in [0.15, 0.2) is 6.61 Å². The molecule has 0 radical (unpaired) electrons. The zero-order valence-corrected chi connectivity index (χ0v) is 16.2. The molecule has 0 atom stereocenters. The zero-order valence-electron chi connectivity index (χ0n) is 16.2. The average molecular weight is 384 g/mol. The minimum atomic E-state index is -1.01. The summed E-state index contributed by atoms with van der Waals surface area (Å²) in [6, 6.07) is -1.35. The van der Waals surface area contributed by atoms with Gasteiger partial charge in [0.25, 0.3) is 11.8 Å². The first-order valence-electron chi connectivity index (χ1n) is 9.02. The number of imide groups is 2. The quantitative estimate of drug-likeness (QED) is 0.392. The Morgan fingerprint density at radius 3 is 2.33 bits per heavy atom. The molecule has 1 fully saturated rings. The molecule has 0 saturated carbocycles. The van der Waals surface area contributed by atoms with E-state index in [0.29, 0.717) is 25.3 Å². The molecule has 0 aliphatic carbocycles. The van der Waals surface area contributed by atoms with Gasteiger partial charge in [-0.15, -0.1) is 0 Å². The summed E-state index contributed by atoms with van der Waals surface area (Å²) in [5.41, 5.74) is -1.01. The van der Waals surface area contributed by atoms with E-state index < -0.39 is 48.5 Å². The van der Waals surface area contributed by atoms with E-state index in [9.17, 15) is 24.0 Å². The fourth-order valence-electron chi connectivity index (χ4n) is 2.55. The van der Waals surface area contributed by atoms with Gasteiger partial charge in [-0.2, -0.15) is 0 Å². The first-order valence-corrected chi connectivity index (χ1v) is 9.02. The molecule has 0 aromatic carbocycles. The summed E-state index contributed by atoms with van der Waals surface area (Å²) >= 11 is 0.